The van der Waals surface area contributed by atoms with Gasteiger partial charge < -0.3 is 25.2 Å². The highest BCUT2D eigenvalue weighted by Gasteiger charge is 2.43. The molecule has 2 aromatic heterocycles. The highest BCUT2D eigenvalue weighted by molar-refractivity contribution is 5.93. The van der Waals surface area contributed by atoms with Gasteiger partial charge in [0, 0.05) is 32.3 Å². The summed E-state index contributed by atoms with van der Waals surface area (Å²) < 4.78 is 6.89. The van der Waals surface area contributed by atoms with Gasteiger partial charge in [-0.3, -0.25) is 9.48 Å². The minimum atomic E-state index is -1.04. The molecule has 2 fully saturated rings. The molecule has 1 aliphatic heterocycles. The zero-order valence-corrected chi connectivity index (χ0v) is 16.7. The number of pyridine rings is 1. The van der Waals surface area contributed by atoms with Gasteiger partial charge in [0.25, 0.3) is 5.91 Å². The van der Waals surface area contributed by atoms with E-state index in [2.05, 4.69) is 20.3 Å². The predicted molar refractivity (Wildman–Crippen MR) is 106 cm³/mol. The monoisotopic (exact) mass is 401 g/mol. The molecule has 4 atom stereocenters. The number of rotatable bonds is 4. The molecule has 9 nitrogen and oxygen atoms in total. The van der Waals surface area contributed by atoms with E-state index in [0.717, 1.165) is 30.2 Å². The zero-order chi connectivity index (χ0) is 20.5. The summed E-state index contributed by atoms with van der Waals surface area (Å²) in [6, 6.07) is 4.99. The van der Waals surface area contributed by atoms with E-state index in [9.17, 15) is 15.0 Å². The number of carbonyl (C=O) groups is 1. The summed E-state index contributed by atoms with van der Waals surface area (Å²) in [6.45, 7) is 4.79. The highest BCUT2D eigenvalue weighted by atomic mass is 16.5. The molecule has 29 heavy (non-hydrogen) atoms. The fourth-order valence-electron chi connectivity index (χ4n) is 4.20. The molecule has 2 aromatic rings. The molecule has 9 heteroatoms. The Bertz CT molecular complexity index is 862. The molecule has 1 aliphatic carbocycles. The van der Waals surface area contributed by atoms with Crippen molar-refractivity contribution >= 4 is 11.7 Å². The number of aliphatic hydroxyl groups excluding tert-OH is 2. The normalized spacial score (nSPS) is 27.2. The molecule has 0 bridgehead atoms. The van der Waals surface area contributed by atoms with E-state index < -0.39 is 18.2 Å². The largest absolute Gasteiger partial charge is 0.390 e. The van der Waals surface area contributed by atoms with Crippen LogP contribution >= 0.6 is 0 Å². The van der Waals surface area contributed by atoms with Crippen molar-refractivity contribution < 1.29 is 19.7 Å². The average molecular weight is 401 g/mol. The number of hydrogen-bond acceptors (Lipinski definition) is 7. The lowest BCUT2D eigenvalue weighted by Gasteiger charge is -2.28. The molecule has 156 valence electrons. The van der Waals surface area contributed by atoms with Crippen LogP contribution < -0.4 is 10.2 Å². The number of ether oxygens (including phenoxy) is 1. The fourth-order valence-corrected chi connectivity index (χ4v) is 4.20. The number of aryl methyl sites for hydroxylation is 2. The second-order valence-electron chi connectivity index (χ2n) is 7.74. The number of aromatic nitrogens is 3. The Labute approximate surface area is 169 Å². The van der Waals surface area contributed by atoms with E-state index in [0.29, 0.717) is 25.3 Å². The lowest BCUT2D eigenvalue weighted by atomic mass is 9.94. The Balaban J connectivity index is 1.52. The van der Waals surface area contributed by atoms with Gasteiger partial charge in [-0.25, -0.2) is 4.98 Å². The van der Waals surface area contributed by atoms with Gasteiger partial charge in [-0.15, -0.1) is 0 Å². The van der Waals surface area contributed by atoms with Crippen molar-refractivity contribution in [2.24, 2.45) is 7.05 Å². The van der Waals surface area contributed by atoms with Gasteiger partial charge in [0.05, 0.1) is 31.1 Å². The van der Waals surface area contributed by atoms with Crippen LogP contribution in [0.2, 0.25) is 0 Å². The molecule has 0 spiro atoms. The first-order valence-corrected chi connectivity index (χ1v) is 9.90. The molecular weight excluding hydrogens is 374 g/mol. The molecule has 0 aromatic carbocycles. The third-order valence-corrected chi connectivity index (χ3v) is 5.76. The minimum absolute atomic E-state index is 0.232. The number of nitrogens with one attached hydrogen (secondary N) is 1. The van der Waals surface area contributed by atoms with Gasteiger partial charge in [-0.2, -0.15) is 5.10 Å². The van der Waals surface area contributed by atoms with E-state index in [1.54, 1.807) is 19.3 Å². The molecule has 1 saturated carbocycles. The molecule has 0 unspecified atom stereocenters. The van der Waals surface area contributed by atoms with Crippen LogP contribution in [-0.4, -0.2) is 75.4 Å². The van der Waals surface area contributed by atoms with Crippen molar-refractivity contribution in [1.82, 2.24) is 20.1 Å². The van der Waals surface area contributed by atoms with Crippen molar-refractivity contribution in [2.45, 2.75) is 37.5 Å². The minimum Gasteiger partial charge on any atom is -0.390 e. The Morgan fingerprint density at radius 3 is 2.66 bits per heavy atom. The van der Waals surface area contributed by atoms with Gasteiger partial charge in [0.15, 0.2) is 0 Å². The van der Waals surface area contributed by atoms with Crippen LogP contribution in [0.25, 0.3) is 0 Å². The van der Waals surface area contributed by atoms with Crippen LogP contribution in [0.3, 0.4) is 0 Å². The maximum Gasteiger partial charge on any atom is 0.269 e. The van der Waals surface area contributed by atoms with Gasteiger partial charge in [-0.1, -0.05) is 6.07 Å². The van der Waals surface area contributed by atoms with E-state index >= 15 is 0 Å². The summed E-state index contributed by atoms with van der Waals surface area (Å²) >= 11 is 0. The summed E-state index contributed by atoms with van der Waals surface area (Å²) in [5.74, 6) is 0.320. The molecule has 2 aliphatic rings. The van der Waals surface area contributed by atoms with Crippen molar-refractivity contribution in [3.63, 3.8) is 0 Å². The Kier molecular flexibility index (Phi) is 5.53. The summed E-state index contributed by atoms with van der Waals surface area (Å²) in [7, 11) is 1.70. The summed E-state index contributed by atoms with van der Waals surface area (Å²) in [4.78, 5) is 19.5. The third-order valence-electron chi connectivity index (χ3n) is 5.76. The Morgan fingerprint density at radius 1 is 1.28 bits per heavy atom. The number of nitrogens with zero attached hydrogens (tertiary/aromatic N) is 4. The van der Waals surface area contributed by atoms with Crippen molar-refractivity contribution in [1.29, 1.82) is 0 Å². The maximum atomic E-state index is 12.7. The van der Waals surface area contributed by atoms with Crippen LogP contribution in [0.1, 0.15) is 34.1 Å². The number of carbonyl (C=O) groups excluding carboxylic acids is 1. The average Bonchev–Trinajstić information content (AvgIpc) is 3.21. The van der Waals surface area contributed by atoms with Gasteiger partial charge in [0.2, 0.25) is 0 Å². The lowest BCUT2D eigenvalue weighted by Crippen LogP contribution is -2.45. The van der Waals surface area contributed by atoms with E-state index in [1.165, 1.54) is 4.68 Å². The van der Waals surface area contributed by atoms with Gasteiger partial charge in [-0.05, 0) is 31.0 Å². The number of amides is 1. The number of aliphatic hydroxyl groups is 2. The van der Waals surface area contributed by atoms with Gasteiger partial charge >= 0.3 is 0 Å². The summed E-state index contributed by atoms with van der Waals surface area (Å²) in [6.07, 6.45) is 0.178. The van der Waals surface area contributed by atoms with Crippen LogP contribution in [0, 0.1) is 6.92 Å². The second kappa shape index (κ2) is 8.10. The van der Waals surface area contributed by atoms with E-state index in [4.69, 9.17) is 4.74 Å². The summed E-state index contributed by atoms with van der Waals surface area (Å²) in [5, 5.41) is 27.8. The zero-order valence-electron chi connectivity index (χ0n) is 16.7. The molecule has 3 N–H and O–H groups in total. The smallest absolute Gasteiger partial charge is 0.269 e. The number of morpholine rings is 1. The van der Waals surface area contributed by atoms with Crippen LogP contribution in [-0.2, 0) is 11.8 Å². The predicted octanol–water partition coefficient (Wildman–Crippen LogP) is -0.0322. The highest BCUT2D eigenvalue weighted by Crippen LogP contribution is 2.35. The maximum absolute atomic E-state index is 12.7. The Hall–Kier alpha value is -2.49. The van der Waals surface area contributed by atoms with E-state index in [1.807, 2.05) is 19.1 Å². The number of anilines is 1. The molecule has 4 rings (SSSR count). The first kappa shape index (κ1) is 19.8. The van der Waals surface area contributed by atoms with Crippen LogP contribution in [0.15, 0.2) is 24.4 Å². The lowest BCUT2D eigenvalue weighted by molar-refractivity contribution is 0.0293. The first-order valence-electron chi connectivity index (χ1n) is 9.90. The van der Waals surface area contributed by atoms with Crippen molar-refractivity contribution in [3.8, 4) is 0 Å². The van der Waals surface area contributed by atoms with E-state index in [-0.39, 0.29) is 11.8 Å². The third kappa shape index (κ3) is 3.98. The topological polar surface area (TPSA) is 113 Å². The van der Waals surface area contributed by atoms with Crippen LogP contribution in [0.5, 0.6) is 0 Å². The van der Waals surface area contributed by atoms with Gasteiger partial charge in [0.1, 0.15) is 17.6 Å². The molecule has 3 heterocycles. The van der Waals surface area contributed by atoms with Crippen LogP contribution in [0.4, 0.5) is 5.82 Å². The quantitative estimate of drug-likeness (QED) is 0.659. The Morgan fingerprint density at radius 2 is 2.03 bits per heavy atom. The number of hydrogen-bond donors (Lipinski definition) is 3. The molecule has 1 amide bonds. The first-order chi connectivity index (χ1) is 13.9. The SMILES string of the molecule is Cc1cc(C(=O)N[C@H]2[C@H](O)[C@H](O)C[C@@H]2c2ccc(N3CCOCC3)nc2)n(C)n1. The fraction of sp³-hybridized carbons (Fsp3) is 0.550. The van der Waals surface area contributed by atoms with Crippen molar-refractivity contribution in [3.05, 3.63) is 41.3 Å². The molecular formula is C20H27N5O4. The molecule has 0 radical (unpaired) electrons. The van der Waals surface area contributed by atoms with Crippen molar-refractivity contribution in [2.75, 3.05) is 31.2 Å². The standard InChI is InChI=1S/C20H27N5O4/c1-12-9-15(24(2)23-12)20(28)22-18-14(10-16(26)19(18)27)13-3-4-17(21-11-13)25-5-7-29-8-6-25/h3-4,9,11,14,16,18-19,26-27H,5-8,10H2,1-2H3,(H,22,28)/t14-,16-,18-,19-/m1/s1. The molecule has 1 saturated heterocycles. The second-order valence-corrected chi connectivity index (χ2v) is 7.74. The summed E-state index contributed by atoms with van der Waals surface area (Å²) in [5.41, 5.74) is 2.03.